The molecule has 4 rings (SSSR count). The lowest BCUT2D eigenvalue weighted by Crippen LogP contribution is -2.59. The lowest BCUT2D eigenvalue weighted by atomic mass is 10.1. The van der Waals surface area contributed by atoms with E-state index < -0.39 is 35.1 Å². The van der Waals surface area contributed by atoms with Crippen LogP contribution >= 0.6 is 0 Å². The molecule has 1 unspecified atom stereocenters. The summed E-state index contributed by atoms with van der Waals surface area (Å²) in [6.45, 7) is 0.984. The summed E-state index contributed by atoms with van der Waals surface area (Å²) in [6.07, 6.45) is -6.89. The second kappa shape index (κ2) is 8.85. The lowest BCUT2D eigenvalue weighted by molar-refractivity contribution is -0.139. The van der Waals surface area contributed by atoms with Gasteiger partial charge in [-0.25, -0.2) is 15.1 Å². The molecule has 0 aromatic carbocycles. The third kappa shape index (κ3) is 5.13. The fraction of sp³-hybridized carbons (Fsp3) is 0.526. The minimum Gasteiger partial charge on any atom is -0.348 e. The van der Waals surface area contributed by atoms with Gasteiger partial charge >= 0.3 is 12.4 Å². The van der Waals surface area contributed by atoms with Gasteiger partial charge in [0.1, 0.15) is 5.56 Å². The summed E-state index contributed by atoms with van der Waals surface area (Å²) in [7, 11) is 0. The molecule has 0 radical (unpaired) electrons. The molecule has 2 aromatic rings. The van der Waals surface area contributed by atoms with E-state index in [-0.39, 0.29) is 43.2 Å². The smallest absolute Gasteiger partial charge is 0.348 e. The van der Waals surface area contributed by atoms with Crippen LogP contribution in [0.3, 0.4) is 0 Å². The molecule has 1 amide bonds. The van der Waals surface area contributed by atoms with Crippen molar-refractivity contribution in [3.05, 3.63) is 45.6 Å². The third-order valence-corrected chi connectivity index (χ3v) is 5.72. The average molecular weight is 491 g/mol. The summed E-state index contributed by atoms with van der Waals surface area (Å²) >= 11 is 0. The number of likely N-dealkylation sites (tertiary alicyclic amines) is 2. The van der Waals surface area contributed by atoms with Gasteiger partial charge in [-0.2, -0.15) is 31.4 Å². The number of aromatic amines is 1. The van der Waals surface area contributed by atoms with Gasteiger partial charge in [0.25, 0.3) is 5.56 Å². The zero-order valence-electron chi connectivity index (χ0n) is 17.4. The molecule has 2 saturated heterocycles. The molecule has 4 heterocycles. The van der Waals surface area contributed by atoms with Crippen molar-refractivity contribution in [3.63, 3.8) is 0 Å². The van der Waals surface area contributed by atoms with Crippen LogP contribution in [0.4, 0.5) is 32.3 Å². The lowest BCUT2D eigenvalue weighted by Gasteiger charge is -2.40. The molecule has 0 spiro atoms. The first-order chi connectivity index (χ1) is 15.9. The standard InChI is InChI=1S/C19H19F6N7O2/c20-18(21,22)10-5-26-17(27-6-10)28-11-7-32(8-11)15(33)9-31-3-1-2-14(31)13-4-12(19(23,24)25)16(34)30-29-13/h4-6,11,14H,1-3,7-9H2,(H,30,34)(H,26,27,28). The Bertz CT molecular complexity index is 1100. The first-order valence-electron chi connectivity index (χ1n) is 10.3. The van der Waals surface area contributed by atoms with E-state index in [9.17, 15) is 35.9 Å². The van der Waals surface area contributed by atoms with Crippen molar-refractivity contribution in [2.24, 2.45) is 0 Å². The molecular formula is C19H19F6N7O2. The number of H-pyrrole nitrogens is 1. The Labute approximate surface area is 188 Å². The Kier molecular flexibility index (Phi) is 6.22. The van der Waals surface area contributed by atoms with Crippen molar-refractivity contribution in [3.8, 4) is 0 Å². The zero-order chi connectivity index (χ0) is 24.7. The van der Waals surface area contributed by atoms with E-state index in [1.165, 1.54) is 4.90 Å². The van der Waals surface area contributed by atoms with Crippen molar-refractivity contribution >= 4 is 11.9 Å². The van der Waals surface area contributed by atoms with Crippen molar-refractivity contribution in [2.45, 2.75) is 37.3 Å². The SMILES string of the molecule is O=C(CN1CCCC1c1cc(C(F)(F)F)c(=O)[nH]n1)N1CC(Nc2ncc(C(F)(F)F)cn2)C1. The number of anilines is 1. The quantitative estimate of drug-likeness (QED) is 0.617. The molecule has 9 nitrogen and oxygen atoms in total. The Morgan fingerprint density at radius 1 is 1.12 bits per heavy atom. The van der Waals surface area contributed by atoms with E-state index in [2.05, 4.69) is 20.4 Å². The summed E-state index contributed by atoms with van der Waals surface area (Å²) in [5.41, 5.74) is -3.59. The van der Waals surface area contributed by atoms with Crippen LogP contribution in [0.25, 0.3) is 0 Å². The van der Waals surface area contributed by atoms with Gasteiger partial charge in [0.05, 0.1) is 29.9 Å². The molecule has 2 N–H and O–H groups in total. The number of alkyl halides is 6. The second-order valence-corrected chi connectivity index (χ2v) is 8.09. The number of nitrogens with one attached hydrogen (secondary N) is 2. The molecule has 34 heavy (non-hydrogen) atoms. The van der Waals surface area contributed by atoms with Crippen LogP contribution in [0.15, 0.2) is 23.3 Å². The van der Waals surface area contributed by atoms with Crippen molar-refractivity contribution in [2.75, 3.05) is 31.5 Å². The Hall–Kier alpha value is -3.23. The number of nitrogens with zero attached hydrogens (tertiary/aromatic N) is 5. The number of rotatable bonds is 5. The van der Waals surface area contributed by atoms with E-state index in [0.717, 1.165) is 6.07 Å². The zero-order valence-corrected chi connectivity index (χ0v) is 17.4. The maximum atomic E-state index is 13.1. The van der Waals surface area contributed by atoms with Crippen LogP contribution in [0.1, 0.15) is 35.7 Å². The van der Waals surface area contributed by atoms with Gasteiger partial charge in [0.2, 0.25) is 11.9 Å². The molecule has 2 fully saturated rings. The molecule has 0 saturated carbocycles. The molecule has 0 aliphatic carbocycles. The van der Waals surface area contributed by atoms with E-state index in [0.29, 0.717) is 31.8 Å². The van der Waals surface area contributed by atoms with Crippen LogP contribution in [-0.4, -0.2) is 68.1 Å². The van der Waals surface area contributed by atoms with Crippen LogP contribution in [0.2, 0.25) is 0 Å². The van der Waals surface area contributed by atoms with Crippen LogP contribution in [-0.2, 0) is 17.1 Å². The highest BCUT2D eigenvalue weighted by molar-refractivity contribution is 5.79. The summed E-state index contributed by atoms with van der Waals surface area (Å²) in [5.74, 6) is -0.243. The Morgan fingerprint density at radius 2 is 1.79 bits per heavy atom. The van der Waals surface area contributed by atoms with Crippen molar-refractivity contribution in [1.82, 2.24) is 30.0 Å². The number of hydrogen-bond acceptors (Lipinski definition) is 7. The van der Waals surface area contributed by atoms with Crippen LogP contribution < -0.4 is 10.9 Å². The van der Waals surface area contributed by atoms with Crippen molar-refractivity contribution in [1.29, 1.82) is 0 Å². The Balaban J connectivity index is 1.32. The molecule has 184 valence electrons. The number of amides is 1. The number of carbonyl (C=O) groups is 1. The number of hydrogen-bond donors (Lipinski definition) is 2. The first kappa shape index (κ1) is 23.9. The largest absolute Gasteiger partial charge is 0.421 e. The Morgan fingerprint density at radius 3 is 2.41 bits per heavy atom. The molecule has 2 aromatic heterocycles. The second-order valence-electron chi connectivity index (χ2n) is 8.09. The summed E-state index contributed by atoms with van der Waals surface area (Å²) in [5, 5.41) is 8.48. The van der Waals surface area contributed by atoms with Crippen molar-refractivity contribution < 1.29 is 31.1 Å². The molecule has 2 aliphatic heterocycles. The summed E-state index contributed by atoms with van der Waals surface area (Å²) in [4.78, 5) is 34.6. The van der Waals surface area contributed by atoms with E-state index in [4.69, 9.17) is 0 Å². The molecule has 1 atom stereocenters. The minimum absolute atomic E-state index is 0.00863. The number of carbonyl (C=O) groups excluding carboxylic acids is 1. The van der Waals surface area contributed by atoms with Crippen LogP contribution in [0.5, 0.6) is 0 Å². The predicted octanol–water partition coefficient (Wildman–Crippen LogP) is 2.06. The molecule has 2 aliphatic rings. The molecule has 0 bridgehead atoms. The van der Waals surface area contributed by atoms with Gasteiger partial charge in [-0.15, -0.1) is 0 Å². The third-order valence-electron chi connectivity index (χ3n) is 5.72. The van der Waals surface area contributed by atoms with Gasteiger partial charge in [-0.1, -0.05) is 0 Å². The monoisotopic (exact) mass is 491 g/mol. The minimum atomic E-state index is -4.82. The van der Waals surface area contributed by atoms with E-state index in [1.807, 2.05) is 5.10 Å². The highest BCUT2D eigenvalue weighted by Crippen LogP contribution is 2.33. The number of halogens is 6. The summed E-state index contributed by atoms with van der Waals surface area (Å²) in [6, 6.07) is -0.0668. The summed E-state index contributed by atoms with van der Waals surface area (Å²) < 4.78 is 76.9. The topological polar surface area (TPSA) is 107 Å². The van der Waals surface area contributed by atoms with E-state index in [1.54, 1.807) is 4.90 Å². The van der Waals surface area contributed by atoms with Gasteiger partial charge in [-0.05, 0) is 25.5 Å². The first-order valence-corrected chi connectivity index (χ1v) is 10.3. The fourth-order valence-corrected chi connectivity index (χ4v) is 3.93. The maximum absolute atomic E-state index is 13.1. The van der Waals surface area contributed by atoms with Gasteiger partial charge in [0, 0.05) is 25.5 Å². The molecule has 15 heteroatoms. The fourth-order valence-electron chi connectivity index (χ4n) is 3.93. The maximum Gasteiger partial charge on any atom is 0.421 e. The van der Waals surface area contributed by atoms with Crippen LogP contribution in [0, 0.1) is 0 Å². The van der Waals surface area contributed by atoms with Gasteiger partial charge < -0.3 is 10.2 Å². The van der Waals surface area contributed by atoms with Gasteiger partial charge in [0.15, 0.2) is 0 Å². The highest BCUT2D eigenvalue weighted by atomic mass is 19.4. The normalized spacial score (nSPS) is 19.8. The number of aromatic nitrogens is 4. The van der Waals surface area contributed by atoms with E-state index >= 15 is 0 Å². The molecular weight excluding hydrogens is 472 g/mol. The van der Waals surface area contributed by atoms with Gasteiger partial charge in [-0.3, -0.25) is 14.5 Å². The highest BCUT2D eigenvalue weighted by Gasteiger charge is 2.38. The predicted molar refractivity (Wildman–Crippen MR) is 104 cm³/mol. The average Bonchev–Trinajstić information content (AvgIpc) is 3.17.